The van der Waals surface area contributed by atoms with E-state index in [9.17, 15) is 0 Å². The third kappa shape index (κ3) is 5.41. The van der Waals surface area contributed by atoms with E-state index in [-0.39, 0.29) is 9.76 Å². The van der Waals surface area contributed by atoms with Gasteiger partial charge in [-0.2, -0.15) is 0 Å². The summed E-state index contributed by atoms with van der Waals surface area (Å²) in [6.45, 7) is 9.09. The third-order valence-electron chi connectivity index (χ3n) is 2.43. The van der Waals surface area contributed by atoms with Crippen molar-refractivity contribution in [1.82, 2.24) is 10.2 Å². The first-order valence-electron chi connectivity index (χ1n) is 5.44. The zero-order valence-corrected chi connectivity index (χ0v) is 10.1. The van der Waals surface area contributed by atoms with E-state index in [0.717, 1.165) is 6.61 Å². The van der Waals surface area contributed by atoms with Crippen LogP contribution in [0.5, 0.6) is 0 Å². The van der Waals surface area contributed by atoms with Gasteiger partial charge < -0.3 is 14.6 Å². The van der Waals surface area contributed by atoms with E-state index < -0.39 is 0 Å². The van der Waals surface area contributed by atoms with Crippen molar-refractivity contribution in [2.24, 2.45) is 0 Å². The minimum Gasteiger partial charge on any atom is -0.424 e. The lowest BCUT2D eigenvalue weighted by Gasteiger charge is -2.26. The van der Waals surface area contributed by atoms with Gasteiger partial charge in [-0.3, -0.25) is 0 Å². The molecule has 0 aromatic rings. The molecule has 0 bridgehead atoms. The summed E-state index contributed by atoms with van der Waals surface area (Å²) in [6.07, 6.45) is 1.34. The second-order valence-corrected chi connectivity index (χ2v) is 5.02. The number of piperazine rings is 1. The molecule has 78 valence electrons. The van der Waals surface area contributed by atoms with Gasteiger partial charge in [0.05, 0.1) is 0 Å². The van der Waals surface area contributed by atoms with Crippen molar-refractivity contribution < 1.29 is 4.43 Å². The Hall–Kier alpha value is 0.0969. The lowest BCUT2D eigenvalue weighted by molar-refractivity contribution is 0.240. The van der Waals surface area contributed by atoms with Crippen LogP contribution in [0.1, 0.15) is 13.3 Å². The van der Waals surface area contributed by atoms with Gasteiger partial charge in [-0.1, -0.05) is 0 Å². The molecule has 1 heterocycles. The monoisotopic (exact) mass is 202 g/mol. The van der Waals surface area contributed by atoms with E-state index in [1.54, 1.807) is 0 Å². The highest BCUT2D eigenvalue weighted by Crippen LogP contribution is 1.97. The largest absolute Gasteiger partial charge is 0.424 e. The summed E-state index contributed by atoms with van der Waals surface area (Å²) in [5, 5.41) is 3.37. The zero-order chi connectivity index (χ0) is 9.36. The van der Waals surface area contributed by atoms with Crippen LogP contribution < -0.4 is 5.32 Å². The van der Waals surface area contributed by atoms with Gasteiger partial charge in [0.1, 0.15) is 0 Å². The molecule has 1 rings (SSSR count). The minimum atomic E-state index is -0.178. The number of nitrogens with one attached hydrogen (secondary N) is 1. The fraction of sp³-hybridized carbons (Fsp3) is 1.00. The summed E-state index contributed by atoms with van der Waals surface area (Å²) in [5.74, 6) is 0. The average Bonchev–Trinajstić information content (AvgIpc) is 2.19. The molecule has 0 amide bonds. The normalized spacial score (nSPS) is 20.1. The molecule has 1 aliphatic heterocycles. The Balaban J connectivity index is 1.86. The van der Waals surface area contributed by atoms with Gasteiger partial charge in [-0.25, -0.2) is 0 Å². The topological polar surface area (TPSA) is 24.5 Å². The van der Waals surface area contributed by atoms with Crippen LogP contribution in [0.25, 0.3) is 0 Å². The highest BCUT2D eigenvalue weighted by molar-refractivity contribution is 6.26. The van der Waals surface area contributed by atoms with Crippen molar-refractivity contribution in [3.63, 3.8) is 0 Å². The Morgan fingerprint density at radius 1 is 1.38 bits per heavy atom. The highest BCUT2D eigenvalue weighted by atomic mass is 28.2. The standard InChI is InChI=1S/C9H22N2OSi/c1-2-12-13-9-3-6-11-7-4-10-5-8-11/h10H,2-9,13H2,1H3. The smallest absolute Gasteiger partial charge is 0.161 e. The minimum absolute atomic E-state index is 0.178. The molecule has 0 atom stereocenters. The lowest BCUT2D eigenvalue weighted by atomic mass is 10.3. The SMILES string of the molecule is CCO[SiH2]CCCN1CCNCC1. The molecule has 0 radical (unpaired) electrons. The fourth-order valence-electron chi connectivity index (χ4n) is 1.62. The van der Waals surface area contributed by atoms with Gasteiger partial charge in [0.15, 0.2) is 9.76 Å². The summed E-state index contributed by atoms with van der Waals surface area (Å²) < 4.78 is 5.43. The summed E-state index contributed by atoms with van der Waals surface area (Å²) in [4.78, 5) is 2.55. The van der Waals surface area contributed by atoms with Gasteiger partial charge in [0, 0.05) is 32.8 Å². The van der Waals surface area contributed by atoms with E-state index >= 15 is 0 Å². The summed E-state index contributed by atoms with van der Waals surface area (Å²) in [6, 6.07) is 1.35. The molecule has 1 aliphatic rings. The number of hydrogen-bond donors (Lipinski definition) is 1. The quantitative estimate of drug-likeness (QED) is 0.478. The molecule has 0 unspecified atom stereocenters. The highest BCUT2D eigenvalue weighted by Gasteiger charge is 2.07. The first kappa shape index (κ1) is 11.2. The van der Waals surface area contributed by atoms with Crippen LogP contribution in [-0.4, -0.2) is 54.0 Å². The second-order valence-electron chi connectivity index (χ2n) is 3.50. The van der Waals surface area contributed by atoms with E-state index in [2.05, 4.69) is 17.1 Å². The Morgan fingerprint density at radius 3 is 2.85 bits per heavy atom. The predicted octanol–water partition coefficient (Wildman–Crippen LogP) is -0.180. The molecule has 3 nitrogen and oxygen atoms in total. The Bertz CT molecular complexity index is 118. The first-order valence-corrected chi connectivity index (χ1v) is 7.02. The summed E-state index contributed by atoms with van der Waals surface area (Å²) in [5.41, 5.74) is 0. The van der Waals surface area contributed by atoms with E-state index in [1.165, 1.54) is 45.2 Å². The summed E-state index contributed by atoms with van der Waals surface area (Å²) in [7, 11) is -0.178. The Kier molecular flexibility index (Phi) is 6.44. The Labute approximate surface area is 83.8 Å². The maximum atomic E-state index is 5.43. The van der Waals surface area contributed by atoms with Gasteiger partial charge in [-0.05, 0) is 25.9 Å². The van der Waals surface area contributed by atoms with Gasteiger partial charge in [0.25, 0.3) is 0 Å². The molecule has 4 heteroatoms. The first-order chi connectivity index (χ1) is 6.43. The predicted molar refractivity (Wildman–Crippen MR) is 58.9 cm³/mol. The van der Waals surface area contributed by atoms with Crippen LogP contribution in [0, 0.1) is 0 Å². The van der Waals surface area contributed by atoms with E-state index in [4.69, 9.17) is 4.43 Å². The lowest BCUT2D eigenvalue weighted by Crippen LogP contribution is -2.43. The van der Waals surface area contributed by atoms with Crippen LogP contribution in [0.3, 0.4) is 0 Å². The maximum Gasteiger partial charge on any atom is 0.161 e. The van der Waals surface area contributed by atoms with Crippen molar-refractivity contribution in [2.45, 2.75) is 19.4 Å². The molecule has 1 saturated heterocycles. The number of rotatable bonds is 6. The third-order valence-corrected chi connectivity index (χ3v) is 3.91. The van der Waals surface area contributed by atoms with Gasteiger partial charge in [0.2, 0.25) is 0 Å². The van der Waals surface area contributed by atoms with Crippen LogP contribution in [0.2, 0.25) is 6.04 Å². The fourth-order valence-corrected chi connectivity index (χ4v) is 2.54. The molecule has 0 aromatic carbocycles. The molecule has 1 N–H and O–H groups in total. The van der Waals surface area contributed by atoms with Gasteiger partial charge >= 0.3 is 0 Å². The molecule has 0 spiro atoms. The van der Waals surface area contributed by atoms with Crippen LogP contribution in [-0.2, 0) is 4.43 Å². The Morgan fingerprint density at radius 2 is 2.15 bits per heavy atom. The molecule has 1 fully saturated rings. The summed E-state index contributed by atoms with van der Waals surface area (Å²) >= 11 is 0. The van der Waals surface area contributed by atoms with Crippen molar-refractivity contribution in [1.29, 1.82) is 0 Å². The molecular formula is C9H22N2OSi. The van der Waals surface area contributed by atoms with Crippen molar-refractivity contribution in [3.05, 3.63) is 0 Å². The van der Waals surface area contributed by atoms with Crippen LogP contribution in [0.4, 0.5) is 0 Å². The van der Waals surface area contributed by atoms with Crippen molar-refractivity contribution in [3.8, 4) is 0 Å². The second kappa shape index (κ2) is 7.50. The number of nitrogens with zero attached hydrogens (tertiary/aromatic N) is 1. The molecule has 13 heavy (non-hydrogen) atoms. The molecule has 0 aliphatic carbocycles. The van der Waals surface area contributed by atoms with Crippen molar-refractivity contribution in [2.75, 3.05) is 39.3 Å². The van der Waals surface area contributed by atoms with Crippen LogP contribution >= 0.6 is 0 Å². The van der Waals surface area contributed by atoms with E-state index in [0.29, 0.717) is 0 Å². The van der Waals surface area contributed by atoms with Crippen molar-refractivity contribution >= 4 is 9.76 Å². The molecule has 0 aromatic heterocycles. The number of hydrogen-bond acceptors (Lipinski definition) is 3. The maximum absolute atomic E-state index is 5.43. The molecule has 0 saturated carbocycles. The zero-order valence-electron chi connectivity index (χ0n) is 8.72. The van der Waals surface area contributed by atoms with E-state index in [1.807, 2.05) is 0 Å². The molecular weight excluding hydrogens is 180 g/mol. The van der Waals surface area contributed by atoms with Gasteiger partial charge in [-0.15, -0.1) is 0 Å². The van der Waals surface area contributed by atoms with Crippen LogP contribution in [0.15, 0.2) is 0 Å². The average molecular weight is 202 g/mol.